The molecule has 0 aromatic rings. The average molecular weight is 168 g/mol. The molecule has 1 atom stereocenters. The number of aliphatic hydroxyl groups excluding tert-OH is 1. The van der Waals surface area contributed by atoms with Crippen molar-refractivity contribution in [2.45, 2.75) is 40.2 Å². The molecule has 0 aromatic heterocycles. The Bertz CT molecular complexity index is 74.9. The van der Waals surface area contributed by atoms with Crippen LogP contribution in [0.25, 0.3) is 0 Å². The molecule has 0 amide bonds. The second-order valence-corrected chi connectivity index (χ2v) is 2.07. The fraction of sp³-hybridized carbons (Fsp3) is 1.00. The van der Waals surface area contributed by atoms with E-state index in [0.29, 0.717) is 12.7 Å². The predicted octanol–water partition coefficient (Wildman–Crippen LogP) is 2.56. The van der Waals surface area contributed by atoms with Crippen molar-refractivity contribution in [2.24, 2.45) is 0 Å². The zero-order chi connectivity index (χ0) is 13.8. The molecule has 70 valence electrons. The summed E-state index contributed by atoms with van der Waals surface area (Å²) in [7, 11) is 0. The van der Waals surface area contributed by atoms with Gasteiger partial charge in [0.25, 0.3) is 0 Å². The highest BCUT2D eigenvalue weighted by molar-refractivity contribution is 4.64. The Kier molecular flexibility index (Phi) is 4.96. The van der Waals surface area contributed by atoms with Gasteiger partial charge in [0.05, 0.1) is 12.7 Å². The van der Waals surface area contributed by atoms with E-state index in [9.17, 15) is 0 Å². The molecule has 1 aliphatic rings. The lowest BCUT2D eigenvalue weighted by molar-refractivity contribution is 0.295. The highest BCUT2D eigenvalue weighted by Gasteiger charge is 2.18. The van der Waals surface area contributed by atoms with Crippen molar-refractivity contribution >= 4 is 0 Å². The van der Waals surface area contributed by atoms with Gasteiger partial charge in [-0.2, -0.15) is 0 Å². The van der Waals surface area contributed by atoms with E-state index >= 15 is 0 Å². The highest BCUT2D eigenvalue weighted by atomic mass is 16.6. The van der Waals surface area contributed by atoms with Gasteiger partial charge in [-0.1, -0.05) is 21.3 Å². The van der Waals surface area contributed by atoms with Gasteiger partial charge in [0.2, 0.25) is 1.43 Å². The lowest BCUT2D eigenvalue weighted by atomic mass is 10.4. The van der Waals surface area contributed by atoms with E-state index in [1.807, 2.05) is 6.92 Å². The van der Waals surface area contributed by atoms with E-state index < -0.39 is 0 Å². The van der Waals surface area contributed by atoms with Crippen LogP contribution >= 0.6 is 0 Å². The third-order valence-electron chi connectivity index (χ3n) is 1.06. The Labute approximate surface area is 75.0 Å². The summed E-state index contributed by atoms with van der Waals surface area (Å²) in [5, 5.41) is 3.94. The third-order valence-corrected chi connectivity index (χ3v) is 1.06. The van der Waals surface area contributed by atoms with Gasteiger partial charge in [-0.05, 0) is 12.8 Å². The number of aliphatic hydroxyl groups is 1. The molecule has 1 fully saturated rings. The molecule has 0 saturated carbocycles. The molecule has 1 N–H and O–H groups in total. The molecular weight excluding hydrogens is 128 g/mol. The van der Waals surface area contributed by atoms with Crippen LogP contribution < -0.4 is 0 Å². The minimum atomic E-state index is 0. The Balaban J connectivity index is -0.0000000380. The highest BCUT2D eigenvalue weighted by Crippen LogP contribution is 2.10. The largest absolute Gasteiger partial charge is 0.396 e. The van der Waals surface area contributed by atoms with Gasteiger partial charge in [0.15, 0.2) is 0 Å². The molecule has 1 unspecified atom stereocenters. The minimum Gasteiger partial charge on any atom is -0.396 e. The second-order valence-electron chi connectivity index (χ2n) is 2.07. The number of hydrogen-bond acceptors (Lipinski definition) is 2. The van der Waals surface area contributed by atoms with Crippen molar-refractivity contribution in [1.29, 1.82) is 1.43 Å². The van der Waals surface area contributed by atoms with Crippen LogP contribution in [0.4, 0.5) is 0 Å². The van der Waals surface area contributed by atoms with Crippen LogP contribution in [0.5, 0.6) is 0 Å². The van der Waals surface area contributed by atoms with Crippen LogP contribution in [-0.2, 0) is 4.74 Å². The quantitative estimate of drug-likeness (QED) is 0.657. The lowest BCUT2D eigenvalue weighted by Crippen LogP contribution is -1.73. The van der Waals surface area contributed by atoms with Crippen LogP contribution in [0.1, 0.15) is 43.0 Å². The van der Waals surface area contributed by atoms with E-state index in [0.717, 1.165) is 13.0 Å². The Hall–Kier alpha value is -0.0800. The van der Waals surface area contributed by atoms with E-state index in [2.05, 4.69) is 12.0 Å². The maximum Gasteiger partial charge on any atom is 0.210 e. The maximum absolute atomic E-state index is 6.10. The predicted molar refractivity (Wildman–Crippen MR) is 50.5 cm³/mol. The molecule has 0 radical (unpaired) electrons. The second kappa shape index (κ2) is 8.92. The first-order valence-electron chi connectivity index (χ1n) is 6.95. The first-order chi connectivity index (χ1) is 7.85. The van der Waals surface area contributed by atoms with Gasteiger partial charge >= 0.3 is 0 Å². The summed E-state index contributed by atoms with van der Waals surface area (Å²) >= 11 is 0. The number of epoxide rings is 1. The molecule has 1 heterocycles. The molecule has 0 aromatic carbocycles. The van der Waals surface area contributed by atoms with Crippen LogP contribution in [0, 0.1) is 0 Å². The zero-order valence-corrected chi connectivity index (χ0v) is 6.22. The van der Waals surface area contributed by atoms with Crippen LogP contribution in [0.3, 0.4) is 0 Å². The van der Waals surface area contributed by atoms with Crippen LogP contribution in [0.2, 0.25) is 0 Å². The molecule has 0 aliphatic carbocycles. The third kappa shape index (κ3) is 10.8. The van der Waals surface area contributed by atoms with Gasteiger partial charge in [-0.25, -0.2) is 0 Å². The Morgan fingerprint density at radius 2 is 2.50 bits per heavy atom. The van der Waals surface area contributed by atoms with Crippen LogP contribution in [0.15, 0.2) is 0 Å². The van der Waals surface area contributed by atoms with Crippen molar-refractivity contribution in [1.82, 2.24) is 0 Å². The first kappa shape index (κ1) is 5.56. The lowest BCUT2D eigenvalue weighted by Gasteiger charge is -1.69. The molecule has 0 spiro atoms. The van der Waals surface area contributed by atoms with Crippen molar-refractivity contribution in [3.05, 3.63) is 0 Å². The van der Waals surface area contributed by atoms with Crippen molar-refractivity contribution < 1.29 is 18.8 Å². The summed E-state index contributed by atoms with van der Waals surface area (Å²) in [4.78, 5) is 0. The van der Waals surface area contributed by atoms with Gasteiger partial charge < -0.3 is 9.85 Å². The van der Waals surface area contributed by atoms with Gasteiger partial charge in [0.1, 0.15) is 0 Å². The summed E-state index contributed by atoms with van der Waals surface area (Å²) in [6.45, 7) is 5.67. The van der Waals surface area contributed by atoms with Crippen molar-refractivity contribution in [3.8, 4) is 0 Å². The van der Waals surface area contributed by atoms with E-state index in [1.165, 1.54) is 6.42 Å². The molecule has 1 aliphatic heterocycles. The molecule has 2 nitrogen and oxygen atoms in total. The summed E-state index contributed by atoms with van der Waals surface area (Å²) in [5.74, 6) is 0. The van der Waals surface area contributed by atoms with E-state index in [4.69, 9.17) is 15.1 Å². The van der Waals surface area contributed by atoms with Crippen molar-refractivity contribution in [2.75, 3.05) is 13.2 Å². The fourth-order valence-corrected chi connectivity index (χ4v) is 0.304. The summed E-state index contributed by atoms with van der Waals surface area (Å²) in [5.41, 5.74) is 0. The summed E-state index contributed by atoms with van der Waals surface area (Å²) in [6.07, 6.45) is 2.76. The topological polar surface area (TPSA) is 32.8 Å². The zero-order valence-electron chi connectivity index (χ0n) is 13.2. The van der Waals surface area contributed by atoms with Gasteiger partial charge in [-0.15, -0.1) is 0 Å². The minimum absolute atomic E-state index is 0. The number of hydrogen-bond donors (Lipinski definition) is 1. The first-order valence-corrected chi connectivity index (χ1v) is 3.54. The normalized spacial score (nSPS) is 23.8. The molecule has 10 heavy (non-hydrogen) atoms. The monoisotopic (exact) mass is 168 g/mol. The standard InChI is InChI=1S/C4H8O.C3H8O.CH4.3H2/c1-2-4-3-5-4;1-2-3-4;;;;/h4H,2-3H2,1H3;4H,2-3H2,1H3;1H4;3*1H/i;4T;;3*1+2T. The van der Waals surface area contributed by atoms with Gasteiger partial charge in [0, 0.05) is 15.5 Å². The maximum atomic E-state index is 6.10. The Morgan fingerprint density at radius 3 is 2.50 bits per heavy atom. The Morgan fingerprint density at radius 1 is 1.90 bits per heavy atom. The summed E-state index contributed by atoms with van der Waals surface area (Å²) in [6, 6.07) is 0. The molecular formula is C8H26O2. The average Bonchev–Trinajstić information content (AvgIpc) is 3.22. The number of rotatable bonds is 3. The van der Waals surface area contributed by atoms with Gasteiger partial charge in [-0.3, -0.25) is 0 Å². The van der Waals surface area contributed by atoms with Crippen molar-refractivity contribution in [3.63, 3.8) is 0 Å². The molecule has 1 saturated heterocycles. The number of ether oxygens (including phenoxy) is 1. The van der Waals surface area contributed by atoms with Crippen LogP contribution in [-0.4, -0.2) is 25.9 Å². The van der Waals surface area contributed by atoms with E-state index in [1.54, 1.807) is 0 Å². The van der Waals surface area contributed by atoms with E-state index in [-0.39, 0.29) is 7.43 Å². The molecule has 0 bridgehead atoms. The summed E-state index contributed by atoms with van der Waals surface area (Å²) < 4.78 is 41.0. The molecule has 2 heteroatoms. The SMILES string of the molecule is C.CCC1CO1.[3H]OCCC.[3H][3H].[3H][3H].[3H][3H]. The molecule has 1 rings (SSSR count). The fourth-order valence-electron chi connectivity index (χ4n) is 0.304. The smallest absolute Gasteiger partial charge is 0.210 e.